The molecule has 0 aromatic heterocycles. The van der Waals surface area contributed by atoms with Gasteiger partial charge < -0.3 is 199 Å². The molecule has 8 aliphatic heterocycles. The van der Waals surface area contributed by atoms with E-state index in [1.807, 2.05) is 0 Å². The summed E-state index contributed by atoms with van der Waals surface area (Å²) < 4.78 is 87.7. The fourth-order valence-electron chi connectivity index (χ4n) is 12.4. The molecule has 562 valence electrons. The Bertz CT molecular complexity index is 2490. The molecule has 0 aromatic rings. The SMILES string of the molecule is CC(=O)N[C@@H]1[C@@H](O)[C@H](O[C@H]2O[C@H](CO)[C@@H](O[C@@H]3O[C@H](CO[C@H]4O[C@H](CO)[C@@H](O)[C@H](O)[C@@H]4O)[C@@H](O)[C@H](O[C@H]4O[C@H](CO)[C@@H](O)[C@H](O)[C@@H]4O[C@@H]4O[C@H](CO)[C@@H](O[C@@H]5O[C@H](CO)[C@H](O)[C@H](O)[C@H]5O)[C@H](O)[C@H]4NC(C)=O)[C@@H]3O)[C@H](O)[C@H]2NC(C)=O)[C@@H](CO[C@H]2O[C@H](C)[C@H](O)[C@H](O)[C@H]2O)O[C@H]1O. The van der Waals surface area contributed by atoms with Crippen LogP contribution in [0.15, 0.2) is 0 Å². The predicted octanol–water partition coefficient (Wildman–Crippen LogP) is -17.0. The van der Waals surface area contributed by atoms with E-state index in [9.17, 15) is 127 Å². The van der Waals surface area contributed by atoms with Gasteiger partial charge in [-0.05, 0) is 6.92 Å². The monoisotopic (exact) mass is 1420 g/mol. The normalized spacial score (nSPS) is 49.9. The van der Waals surface area contributed by atoms with E-state index in [0.717, 1.165) is 20.8 Å². The third kappa shape index (κ3) is 17.6. The maximum absolute atomic E-state index is 13.0. The maximum atomic E-state index is 13.0. The van der Waals surface area contributed by atoms with Gasteiger partial charge in [0.2, 0.25) is 17.7 Å². The Hall–Kier alpha value is -3.07. The molecule has 0 bridgehead atoms. The van der Waals surface area contributed by atoms with Crippen LogP contribution >= 0.6 is 0 Å². The van der Waals surface area contributed by atoms with E-state index in [2.05, 4.69) is 16.0 Å². The van der Waals surface area contributed by atoms with Crippen molar-refractivity contribution in [2.45, 2.75) is 273 Å². The third-order valence-corrected chi connectivity index (χ3v) is 17.8. The molecule has 8 saturated heterocycles. The number of aliphatic hydroxyl groups excluding tert-OH is 22. The summed E-state index contributed by atoms with van der Waals surface area (Å²) in [5.41, 5.74) is 0. The molecular formula is C54H91N3O40. The first kappa shape index (κ1) is 79.6. The largest absolute Gasteiger partial charge is 0.394 e. The van der Waals surface area contributed by atoms with Gasteiger partial charge in [0, 0.05) is 20.8 Å². The van der Waals surface area contributed by atoms with Crippen molar-refractivity contribution < 1.29 is 198 Å². The highest BCUT2D eigenvalue weighted by molar-refractivity contribution is 5.74. The van der Waals surface area contributed by atoms with Crippen LogP contribution in [0, 0.1) is 0 Å². The van der Waals surface area contributed by atoms with Crippen LogP contribution in [0.4, 0.5) is 0 Å². The zero-order chi connectivity index (χ0) is 71.5. The molecule has 43 heteroatoms. The number of rotatable bonds is 24. The highest BCUT2D eigenvalue weighted by Gasteiger charge is 2.60. The van der Waals surface area contributed by atoms with E-state index in [4.69, 9.17) is 71.1 Å². The topological polar surface area (TPSA) is 671 Å². The molecule has 8 heterocycles. The van der Waals surface area contributed by atoms with Gasteiger partial charge in [-0.2, -0.15) is 0 Å². The highest BCUT2D eigenvalue weighted by atomic mass is 16.8. The molecule has 0 aromatic carbocycles. The summed E-state index contributed by atoms with van der Waals surface area (Å²) in [7, 11) is 0. The molecule has 40 atom stereocenters. The van der Waals surface area contributed by atoms with Crippen LogP contribution in [0.5, 0.6) is 0 Å². The van der Waals surface area contributed by atoms with Crippen LogP contribution in [0.3, 0.4) is 0 Å². The van der Waals surface area contributed by atoms with Gasteiger partial charge in [-0.25, -0.2) is 0 Å². The molecule has 0 saturated carbocycles. The quantitative estimate of drug-likeness (QED) is 0.0427. The van der Waals surface area contributed by atoms with Crippen molar-refractivity contribution in [3.05, 3.63) is 0 Å². The van der Waals surface area contributed by atoms with Crippen molar-refractivity contribution in [2.24, 2.45) is 0 Å². The van der Waals surface area contributed by atoms with E-state index < -0.39 is 309 Å². The molecule has 25 N–H and O–H groups in total. The first-order valence-corrected chi connectivity index (χ1v) is 31.0. The van der Waals surface area contributed by atoms with Crippen molar-refractivity contribution >= 4 is 17.7 Å². The first-order chi connectivity index (χ1) is 45.8. The summed E-state index contributed by atoms with van der Waals surface area (Å²) in [5, 5.41) is 248. The number of ether oxygens (including phenoxy) is 15. The Balaban J connectivity index is 1.09. The number of amides is 3. The minimum atomic E-state index is -2.47. The molecular weight excluding hydrogens is 1330 g/mol. The number of aliphatic hydroxyl groups is 22. The van der Waals surface area contributed by atoms with Gasteiger partial charge in [0.05, 0.1) is 52.4 Å². The second-order valence-corrected chi connectivity index (χ2v) is 24.6. The lowest BCUT2D eigenvalue weighted by Gasteiger charge is -2.51. The Labute approximate surface area is 549 Å². The molecule has 43 nitrogen and oxygen atoms in total. The van der Waals surface area contributed by atoms with E-state index >= 15 is 0 Å². The number of nitrogens with one attached hydrogen (secondary N) is 3. The minimum absolute atomic E-state index is 0.795. The lowest BCUT2D eigenvalue weighted by molar-refractivity contribution is -0.397. The predicted molar refractivity (Wildman–Crippen MR) is 298 cm³/mol. The summed E-state index contributed by atoms with van der Waals surface area (Å²) >= 11 is 0. The number of hydrogen-bond donors (Lipinski definition) is 25. The van der Waals surface area contributed by atoms with Crippen molar-refractivity contribution in [3.63, 3.8) is 0 Å². The van der Waals surface area contributed by atoms with E-state index in [0.29, 0.717) is 0 Å². The molecule has 0 unspecified atom stereocenters. The van der Waals surface area contributed by atoms with Crippen molar-refractivity contribution in [2.75, 3.05) is 46.2 Å². The summed E-state index contributed by atoms with van der Waals surface area (Å²) in [4.78, 5) is 38.1. The van der Waals surface area contributed by atoms with Crippen LogP contribution in [-0.4, -0.2) is 422 Å². The third-order valence-electron chi connectivity index (χ3n) is 17.8. The van der Waals surface area contributed by atoms with Gasteiger partial charge in [-0.1, -0.05) is 0 Å². The van der Waals surface area contributed by atoms with Gasteiger partial charge in [0.25, 0.3) is 0 Å². The Morgan fingerprint density at radius 1 is 0.289 bits per heavy atom. The standard InChI is InChI=1S/C54H91N3O40/c1-12-26(66)34(74)38(78)50(85-12)84-11-22-44(31(71)23(47(82)86-22)55-13(2)63)93-48-24(56-14(3)64)32(72)43(20(9-62)90-48)95-53-41(81)45(30(70)21(92-53)10-83-51-39(79)35(75)27(67)16(5-58)87-51)96-54-46(37(77)29(69)18(7-60)89-54)97-49-25(57-15(4)65)33(73)42(19(8-61)91-49)94-52-40(80)36(76)28(68)17(6-59)88-52/h12,16-54,58-62,66-82H,5-11H2,1-4H3,(H,55,63)(H,56,64)(H,57,65)/t12-,16-,17-,18-,19-,20-,21-,22-,23-,24-,25-,26+,27-,28+,29-,30-,31-,32-,33-,34+,35+,36+,37+,38-,39+,40-,41+,42-,43-,44-,45+,46+,47-,48-,49+,50+,51+,52+,53+,54-/m1/s1. The second-order valence-electron chi connectivity index (χ2n) is 24.6. The van der Waals surface area contributed by atoms with Gasteiger partial charge in [0.15, 0.2) is 50.3 Å². The Kier molecular flexibility index (Phi) is 28.3. The average Bonchev–Trinajstić information content (AvgIpc) is 0.799. The fourth-order valence-corrected chi connectivity index (χ4v) is 12.4. The zero-order valence-corrected chi connectivity index (χ0v) is 52.2. The lowest BCUT2D eigenvalue weighted by atomic mass is 9.93. The molecule has 0 radical (unpaired) electrons. The summed E-state index contributed by atoms with van der Waals surface area (Å²) in [5.74, 6) is -2.64. The fraction of sp³-hybridized carbons (Fsp3) is 0.944. The summed E-state index contributed by atoms with van der Waals surface area (Å²) in [6.45, 7) is -2.78. The van der Waals surface area contributed by atoms with E-state index in [1.165, 1.54) is 6.92 Å². The smallest absolute Gasteiger partial charge is 0.217 e. The molecule has 3 amide bonds. The summed E-state index contributed by atoms with van der Waals surface area (Å²) in [6, 6.07) is -5.49. The number of carbonyl (C=O) groups is 3. The summed E-state index contributed by atoms with van der Waals surface area (Å²) in [6.07, 6.45) is -73.0. The van der Waals surface area contributed by atoms with E-state index in [1.54, 1.807) is 0 Å². The van der Waals surface area contributed by atoms with Crippen LogP contribution in [0.25, 0.3) is 0 Å². The van der Waals surface area contributed by atoms with Crippen molar-refractivity contribution in [1.29, 1.82) is 0 Å². The zero-order valence-electron chi connectivity index (χ0n) is 52.2. The molecule has 8 rings (SSSR count). The number of carbonyl (C=O) groups excluding carboxylic acids is 3. The molecule has 8 aliphatic rings. The minimum Gasteiger partial charge on any atom is -0.394 e. The van der Waals surface area contributed by atoms with Crippen LogP contribution in [0.2, 0.25) is 0 Å². The van der Waals surface area contributed by atoms with Gasteiger partial charge in [-0.3, -0.25) is 14.4 Å². The molecule has 97 heavy (non-hydrogen) atoms. The van der Waals surface area contributed by atoms with Gasteiger partial charge in [0.1, 0.15) is 189 Å². The number of hydrogen-bond acceptors (Lipinski definition) is 40. The van der Waals surface area contributed by atoms with Crippen LogP contribution in [0.1, 0.15) is 27.7 Å². The molecule has 0 aliphatic carbocycles. The van der Waals surface area contributed by atoms with Crippen LogP contribution < -0.4 is 16.0 Å². The van der Waals surface area contributed by atoms with Gasteiger partial charge >= 0.3 is 0 Å². The first-order valence-electron chi connectivity index (χ1n) is 31.0. The second kappa shape index (κ2) is 34.5. The Morgan fingerprint density at radius 3 is 1.09 bits per heavy atom. The van der Waals surface area contributed by atoms with E-state index in [-0.39, 0.29) is 0 Å². The van der Waals surface area contributed by atoms with Gasteiger partial charge in [-0.15, -0.1) is 0 Å². The van der Waals surface area contributed by atoms with Crippen LogP contribution in [-0.2, 0) is 85.4 Å². The lowest BCUT2D eigenvalue weighted by Crippen LogP contribution is -2.71. The Morgan fingerprint density at radius 2 is 0.619 bits per heavy atom. The maximum Gasteiger partial charge on any atom is 0.217 e. The molecule has 8 fully saturated rings. The van der Waals surface area contributed by atoms with Crippen molar-refractivity contribution in [3.8, 4) is 0 Å². The molecule has 0 spiro atoms. The van der Waals surface area contributed by atoms with Crippen molar-refractivity contribution in [1.82, 2.24) is 16.0 Å². The average molecular weight is 1420 g/mol. The highest BCUT2D eigenvalue weighted by Crippen LogP contribution is 2.39.